The highest BCUT2D eigenvalue weighted by molar-refractivity contribution is 5.62. The minimum atomic E-state index is 0.167. The number of hydrogen-bond donors (Lipinski definition) is 1. The maximum atomic E-state index is 12.3. The SMILES string of the molecule is CN1CCC(Oc2cc(OCc3ccccc3)cc3c2CNC=[N+]3[O-])CC1. The van der Waals surface area contributed by atoms with E-state index in [4.69, 9.17) is 9.47 Å². The number of nitrogens with zero attached hydrogens (tertiary/aromatic N) is 2. The van der Waals surface area contributed by atoms with Crippen LogP contribution < -0.4 is 14.8 Å². The molecular formula is C21H25N3O3. The molecule has 2 aliphatic rings. The van der Waals surface area contributed by atoms with Crippen LogP contribution in [0.5, 0.6) is 11.5 Å². The fourth-order valence-corrected chi connectivity index (χ4v) is 3.49. The number of hydrogen-bond acceptors (Lipinski definition) is 5. The molecule has 2 aromatic rings. The summed E-state index contributed by atoms with van der Waals surface area (Å²) in [5.74, 6) is 1.39. The fourth-order valence-electron chi connectivity index (χ4n) is 3.49. The van der Waals surface area contributed by atoms with E-state index < -0.39 is 0 Å². The van der Waals surface area contributed by atoms with Gasteiger partial charge in [-0.1, -0.05) is 30.3 Å². The molecule has 0 atom stereocenters. The summed E-state index contributed by atoms with van der Waals surface area (Å²) in [7, 11) is 2.13. The Morgan fingerprint density at radius 2 is 1.96 bits per heavy atom. The van der Waals surface area contributed by atoms with E-state index in [9.17, 15) is 5.21 Å². The second-order valence-corrected chi connectivity index (χ2v) is 7.15. The van der Waals surface area contributed by atoms with Crippen LogP contribution in [0.3, 0.4) is 0 Å². The van der Waals surface area contributed by atoms with Crippen molar-refractivity contribution in [3.05, 3.63) is 58.8 Å². The van der Waals surface area contributed by atoms with Crippen LogP contribution in [-0.4, -0.2) is 42.2 Å². The molecule has 0 aromatic heterocycles. The van der Waals surface area contributed by atoms with Crippen molar-refractivity contribution in [1.82, 2.24) is 10.2 Å². The van der Waals surface area contributed by atoms with Gasteiger partial charge in [-0.3, -0.25) is 5.32 Å². The van der Waals surface area contributed by atoms with E-state index in [1.165, 1.54) is 6.34 Å². The monoisotopic (exact) mass is 367 g/mol. The average molecular weight is 367 g/mol. The van der Waals surface area contributed by atoms with Gasteiger partial charge in [0.25, 0.3) is 0 Å². The standard InChI is InChI=1S/C21H25N3O3/c1-23-9-7-17(8-10-23)27-21-12-18(26-14-16-5-3-2-4-6-16)11-20-19(21)13-22-15-24(20)25/h2-6,11-12,15,17,22H,7-10,13-14H2,1H3. The van der Waals surface area contributed by atoms with E-state index >= 15 is 0 Å². The van der Waals surface area contributed by atoms with E-state index in [-0.39, 0.29) is 6.10 Å². The van der Waals surface area contributed by atoms with Gasteiger partial charge in [0.05, 0.1) is 5.56 Å². The first-order chi connectivity index (χ1) is 13.2. The quantitative estimate of drug-likeness (QED) is 0.650. The highest BCUT2D eigenvalue weighted by atomic mass is 16.5. The normalized spacial score (nSPS) is 17.6. The number of piperidine rings is 1. The zero-order chi connectivity index (χ0) is 18.6. The van der Waals surface area contributed by atoms with Crippen molar-refractivity contribution in [3.63, 3.8) is 0 Å². The third-order valence-electron chi connectivity index (χ3n) is 5.09. The van der Waals surface area contributed by atoms with Crippen molar-refractivity contribution in [2.45, 2.75) is 32.1 Å². The van der Waals surface area contributed by atoms with Crippen LogP contribution in [0.2, 0.25) is 0 Å². The lowest BCUT2D eigenvalue weighted by Crippen LogP contribution is -2.36. The summed E-state index contributed by atoms with van der Waals surface area (Å²) in [6, 6.07) is 13.7. The Balaban J connectivity index is 1.57. The van der Waals surface area contributed by atoms with E-state index in [0.717, 1.165) is 47.5 Å². The van der Waals surface area contributed by atoms with Gasteiger partial charge in [-0.15, -0.1) is 0 Å². The first-order valence-corrected chi connectivity index (χ1v) is 9.41. The van der Waals surface area contributed by atoms with Crippen molar-refractivity contribution >= 4 is 12.0 Å². The van der Waals surface area contributed by atoms with E-state index in [1.54, 1.807) is 6.07 Å². The van der Waals surface area contributed by atoms with Gasteiger partial charge in [-0.2, -0.15) is 0 Å². The zero-order valence-electron chi connectivity index (χ0n) is 15.6. The highest BCUT2D eigenvalue weighted by Crippen LogP contribution is 2.36. The average Bonchev–Trinajstić information content (AvgIpc) is 2.70. The summed E-state index contributed by atoms with van der Waals surface area (Å²) in [4.78, 5) is 2.31. The molecule has 2 aromatic carbocycles. The molecule has 0 bridgehead atoms. The van der Waals surface area contributed by atoms with Crippen LogP contribution >= 0.6 is 0 Å². The van der Waals surface area contributed by atoms with Gasteiger partial charge in [0.15, 0.2) is 0 Å². The summed E-state index contributed by atoms with van der Waals surface area (Å²) >= 11 is 0. The summed E-state index contributed by atoms with van der Waals surface area (Å²) in [6.07, 6.45) is 3.57. The van der Waals surface area contributed by atoms with Crippen molar-refractivity contribution in [2.24, 2.45) is 0 Å². The van der Waals surface area contributed by atoms with Gasteiger partial charge in [-0.25, -0.2) is 4.74 Å². The van der Waals surface area contributed by atoms with Crippen LogP contribution in [0, 0.1) is 5.21 Å². The smallest absolute Gasteiger partial charge is 0.240 e. The number of rotatable bonds is 5. The summed E-state index contributed by atoms with van der Waals surface area (Å²) < 4.78 is 13.1. The minimum Gasteiger partial charge on any atom is -0.711 e. The maximum absolute atomic E-state index is 12.3. The number of nitrogens with one attached hydrogen (secondary N) is 1. The molecule has 6 heteroatoms. The van der Waals surface area contributed by atoms with Gasteiger partial charge < -0.3 is 19.6 Å². The molecule has 27 heavy (non-hydrogen) atoms. The second kappa shape index (κ2) is 7.88. The van der Waals surface area contributed by atoms with Crippen LogP contribution in [0.15, 0.2) is 42.5 Å². The molecule has 0 radical (unpaired) electrons. The van der Waals surface area contributed by atoms with Crippen LogP contribution in [-0.2, 0) is 13.2 Å². The van der Waals surface area contributed by atoms with E-state index in [0.29, 0.717) is 24.6 Å². The Hall–Kier alpha value is -2.73. The summed E-state index contributed by atoms with van der Waals surface area (Å²) in [5.41, 5.74) is 2.56. The predicted octanol–water partition coefficient (Wildman–Crippen LogP) is 3.01. The Bertz CT molecular complexity index is 815. The molecule has 0 unspecified atom stereocenters. The van der Waals surface area contributed by atoms with E-state index in [2.05, 4.69) is 17.3 Å². The lowest BCUT2D eigenvalue weighted by Gasteiger charge is -2.30. The zero-order valence-corrected chi connectivity index (χ0v) is 15.6. The van der Waals surface area contributed by atoms with Crippen molar-refractivity contribution in [1.29, 1.82) is 0 Å². The third-order valence-corrected chi connectivity index (χ3v) is 5.09. The fraction of sp³-hybridized carbons (Fsp3) is 0.381. The highest BCUT2D eigenvalue weighted by Gasteiger charge is 2.24. The maximum Gasteiger partial charge on any atom is 0.240 e. The van der Waals surface area contributed by atoms with Crippen molar-refractivity contribution < 1.29 is 14.2 Å². The molecule has 2 aliphatic heterocycles. The molecule has 2 heterocycles. The second-order valence-electron chi connectivity index (χ2n) is 7.15. The van der Waals surface area contributed by atoms with Gasteiger partial charge >= 0.3 is 0 Å². The van der Waals surface area contributed by atoms with Crippen LogP contribution in [0.1, 0.15) is 24.0 Å². The van der Waals surface area contributed by atoms with Crippen molar-refractivity contribution in [2.75, 3.05) is 20.1 Å². The number of ether oxygens (including phenoxy) is 2. The molecule has 0 spiro atoms. The first kappa shape index (κ1) is 17.7. The lowest BCUT2D eigenvalue weighted by atomic mass is 10.1. The Morgan fingerprint density at radius 1 is 1.19 bits per heavy atom. The number of benzene rings is 2. The number of likely N-dealkylation sites (tertiary alicyclic amines) is 1. The molecule has 1 fully saturated rings. The van der Waals surface area contributed by atoms with Crippen LogP contribution in [0.4, 0.5) is 5.69 Å². The molecule has 142 valence electrons. The van der Waals surface area contributed by atoms with Crippen LogP contribution in [0.25, 0.3) is 0 Å². The third kappa shape index (κ3) is 4.17. The Kier molecular flexibility index (Phi) is 5.16. The van der Waals surface area contributed by atoms with Gasteiger partial charge in [0.2, 0.25) is 6.34 Å². The number of fused-ring (bicyclic) bond motifs is 1. The minimum absolute atomic E-state index is 0.167. The predicted molar refractivity (Wildman–Crippen MR) is 105 cm³/mol. The van der Waals surface area contributed by atoms with Gasteiger partial charge in [0, 0.05) is 25.2 Å². The largest absolute Gasteiger partial charge is 0.711 e. The van der Waals surface area contributed by atoms with Gasteiger partial charge in [-0.05, 0) is 25.5 Å². The van der Waals surface area contributed by atoms with E-state index in [1.807, 2.05) is 36.4 Å². The first-order valence-electron chi connectivity index (χ1n) is 9.41. The molecule has 0 aliphatic carbocycles. The molecule has 0 amide bonds. The summed E-state index contributed by atoms with van der Waals surface area (Å²) in [6.45, 7) is 3.08. The lowest BCUT2D eigenvalue weighted by molar-refractivity contribution is -0.360. The summed E-state index contributed by atoms with van der Waals surface area (Å²) in [5, 5.41) is 15.3. The Morgan fingerprint density at radius 3 is 2.74 bits per heavy atom. The topological polar surface area (TPSA) is 59.8 Å². The molecule has 6 nitrogen and oxygen atoms in total. The van der Waals surface area contributed by atoms with Gasteiger partial charge in [0.1, 0.15) is 36.4 Å². The molecular weight excluding hydrogens is 342 g/mol. The molecule has 4 rings (SSSR count). The molecule has 1 N–H and O–H groups in total. The Labute approximate surface area is 159 Å². The van der Waals surface area contributed by atoms with Crippen molar-refractivity contribution in [3.8, 4) is 11.5 Å². The molecule has 0 saturated carbocycles. The molecule has 1 saturated heterocycles.